The van der Waals surface area contributed by atoms with Crippen molar-refractivity contribution >= 4 is 11.7 Å². The van der Waals surface area contributed by atoms with Gasteiger partial charge in [-0.25, -0.2) is 9.18 Å². The summed E-state index contributed by atoms with van der Waals surface area (Å²) in [7, 11) is 0.918. The number of methoxy groups -OCH3 is 1. The third kappa shape index (κ3) is 2.07. The van der Waals surface area contributed by atoms with Gasteiger partial charge in [-0.2, -0.15) is 13.2 Å². The number of ether oxygens (including phenoxy) is 1. The van der Waals surface area contributed by atoms with E-state index < -0.39 is 34.8 Å². The van der Waals surface area contributed by atoms with Crippen LogP contribution in [0, 0.1) is 5.82 Å². The van der Waals surface area contributed by atoms with Crippen LogP contribution in [0.25, 0.3) is 0 Å². The molecule has 88 valence electrons. The predicted octanol–water partition coefficient (Wildman–Crippen LogP) is 2.21. The van der Waals surface area contributed by atoms with Crippen LogP contribution in [0.3, 0.4) is 0 Å². The molecule has 7 heteroatoms. The van der Waals surface area contributed by atoms with Crippen molar-refractivity contribution in [3.63, 3.8) is 0 Å². The summed E-state index contributed by atoms with van der Waals surface area (Å²) in [4.78, 5) is 11.0. The van der Waals surface area contributed by atoms with Crippen LogP contribution in [-0.4, -0.2) is 13.1 Å². The number of nitrogens with two attached hydrogens (primary N) is 1. The second-order valence-corrected chi connectivity index (χ2v) is 2.87. The van der Waals surface area contributed by atoms with Gasteiger partial charge in [-0.15, -0.1) is 0 Å². The number of anilines is 1. The number of carbonyl (C=O) groups is 1. The maximum Gasteiger partial charge on any atom is 0.418 e. The van der Waals surface area contributed by atoms with Crippen LogP contribution in [0.5, 0.6) is 0 Å². The van der Waals surface area contributed by atoms with Crippen molar-refractivity contribution in [3.8, 4) is 0 Å². The standard InChI is InChI=1S/C9H7F4NO2/c1-16-8(15)6-5(10)3-2-4(7(6)14)9(11,12)13/h2-3H,14H2,1H3. The summed E-state index contributed by atoms with van der Waals surface area (Å²) >= 11 is 0. The number of rotatable bonds is 1. The van der Waals surface area contributed by atoms with Crippen molar-refractivity contribution in [3.05, 3.63) is 29.1 Å². The monoisotopic (exact) mass is 237 g/mol. The number of esters is 1. The summed E-state index contributed by atoms with van der Waals surface area (Å²) in [6.07, 6.45) is -4.75. The molecule has 0 saturated carbocycles. The molecule has 1 rings (SSSR count). The first kappa shape index (κ1) is 12.3. The Morgan fingerprint density at radius 2 is 1.94 bits per heavy atom. The zero-order valence-electron chi connectivity index (χ0n) is 8.06. The lowest BCUT2D eigenvalue weighted by atomic mass is 10.1. The molecule has 0 bridgehead atoms. The largest absolute Gasteiger partial charge is 0.465 e. The number of hydrogen-bond acceptors (Lipinski definition) is 3. The Morgan fingerprint density at radius 3 is 2.38 bits per heavy atom. The Morgan fingerprint density at radius 1 is 1.38 bits per heavy atom. The molecular weight excluding hydrogens is 230 g/mol. The predicted molar refractivity (Wildman–Crippen MR) is 47.2 cm³/mol. The maximum atomic E-state index is 13.1. The molecule has 1 aromatic rings. The highest BCUT2D eigenvalue weighted by Crippen LogP contribution is 2.36. The molecule has 0 aliphatic heterocycles. The molecule has 0 heterocycles. The highest BCUT2D eigenvalue weighted by Gasteiger charge is 2.35. The minimum absolute atomic E-state index is 0.469. The van der Waals surface area contributed by atoms with E-state index in [-0.39, 0.29) is 0 Å². The molecule has 0 fully saturated rings. The molecule has 0 unspecified atom stereocenters. The highest BCUT2D eigenvalue weighted by molar-refractivity contribution is 5.96. The Balaban J connectivity index is 3.45. The number of halogens is 4. The Bertz CT molecular complexity index is 428. The van der Waals surface area contributed by atoms with Crippen molar-refractivity contribution in [1.29, 1.82) is 0 Å². The summed E-state index contributed by atoms with van der Waals surface area (Å²) < 4.78 is 54.4. The normalized spacial score (nSPS) is 11.3. The molecule has 0 aliphatic carbocycles. The average molecular weight is 237 g/mol. The average Bonchev–Trinajstić information content (AvgIpc) is 2.15. The van der Waals surface area contributed by atoms with E-state index in [1.807, 2.05) is 0 Å². The van der Waals surface area contributed by atoms with Crippen molar-refractivity contribution < 1.29 is 27.1 Å². The van der Waals surface area contributed by atoms with E-state index in [1.54, 1.807) is 0 Å². The van der Waals surface area contributed by atoms with Crippen molar-refractivity contribution in [2.75, 3.05) is 12.8 Å². The molecule has 0 atom stereocenters. The molecule has 0 radical (unpaired) electrons. The fraction of sp³-hybridized carbons (Fsp3) is 0.222. The van der Waals surface area contributed by atoms with Gasteiger partial charge in [-0.05, 0) is 12.1 Å². The first-order valence-electron chi connectivity index (χ1n) is 4.02. The summed E-state index contributed by atoms with van der Waals surface area (Å²) in [6.45, 7) is 0. The van der Waals surface area contributed by atoms with Gasteiger partial charge in [-0.1, -0.05) is 0 Å². The van der Waals surface area contributed by atoms with Crippen molar-refractivity contribution in [1.82, 2.24) is 0 Å². The molecule has 0 spiro atoms. The molecule has 0 amide bonds. The topological polar surface area (TPSA) is 52.3 Å². The zero-order chi connectivity index (χ0) is 12.5. The molecular formula is C9H7F4NO2. The smallest absolute Gasteiger partial charge is 0.418 e. The lowest BCUT2D eigenvalue weighted by Gasteiger charge is -2.12. The lowest BCUT2D eigenvalue weighted by molar-refractivity contribution is -0.136. The number of benzene rings is 1. The van der Waals surface area contributed by atoms with E-state index in [9.17, 15) is 22.4 Å². The molecule has 0 aromatic heterocycles. The number of alkyl halides is 3. The zero-order valence-corrected chi connectivity index (χ0v) is 8.06. The summed E-state index contributed by atoms with van der Waals surface area (Å²) in [5.74, 6) is -2.40. The van der Waals surface area contributed by atoms with Gasteiger partial charge in [0.1, 0.15) is 11.4 Å². The van der Waals surface area contributed by atoms with Crippen LogP contribution in [0.1, 0.15) is 15.9 Å². The van der Waals surface area contributed by atoms with Crippen molar-refractivity contribution in [2.24, 2.45) is 0 Å². The van der Waals surface area contributed by atoms with Gasteiger partial charge in [0.2, 0.25) is 0 Å². The van der Waals surface area contributed by atoms with Crippen LogP contribution in [-0.2, 0) is 10.9 Å². The molecule has 1 aromatic carbocycles. The van der Waals surface area contributed by atoms with E-state index in [0.29, 0.717) is 12.1 Å². The SMILES string of the molecule is COC(=O)c1c(F)ccc(C(F)(F)F)c1N. The third-order valence-electron chi connectivity index (χ3n) is 1.89. The number of carbonyl (C=O) groups excluding carboxylic acids is 1. The fourth-order valence-corrected chi connectivity index (χ4v) is 1.15. The van der Waals surface area contributed by atoms with Crippen LogP contribution < -0.4 is 5.73 Å². The van der Waals surface area contributed by atoms with Gasteiger partial charge in [-0.3, -0.25) is 0 Å². The van der Waals surface area contributed by atoms with Gasteiger partial charge < -0.3 is 10.5 Å². The van der Waals surface area contributed by atoms with E-state index in [2.05, 4.69) is 4.74 Å². The van der Waals surface area contributed by atoms with Crippen LogP contribution >= 0.6 is 0 Å². The van der Waals surface area contributed by atoms with E-state index in [4.69, 9.17) is 5.73 Å². The molecule has 0 saturated heterocycles. The first-order valence-corrected chi connectivity index (χ1v) is 4.02. The summed E-state index contributed by atoms with van der Waals surface area (Å²) in [6, 6.07) is 0.989. The van der Waals surface area contributed by atoms with Gasteiger partial charge >= 0.3 is 12.1 Å². The fourth-order valence-electron chi connectivity index (χ4n) is 1.15. The minimum Gasteiger partial charge on any atom is -0.465 e. The Labute approximate surface area is 87.8 Å². The summed E-state index contributed by atoms with van der Waals surface area (Å²) in [5, 5.41) is 0. The van der Waals surface area contributed by atoms with Gasteiger partial charge in [0.15, 0.2) is 0 Å². The molecule has 0 aliphatic rings. The lowest BCUT2D eigenvalue weighted by Crippen LogP contribution is -2.15. The maximum absolute atomic E-state index is 13.1. The van der Waals surface area contributed by atoms with E-state index in [1.165, 1.54) is 0 Å². The number of hydrogen-bond donors (Lipinski definition) is 1. The Kier molecular flexibility index (Phi) is 3.06. The second kappa shape index (κ2) is 3.99. The van der Waals surface area contributed by atoms with Gasteiger partial charge in [0, 0.05) is 0 Å². The van der Waals surface area contributed by atoms with Crippen LogP contribution in [0.4, 0.5) is 23.2 Å². The first-order chi connectivity index (χ1) is 7.29. The summed E-state index contributed by atoms with van der Waals surface area (Å²) in [5.41, 5.74) is 1.94. The Hall–Kier alpha value is -1.79. The van der Waals surface area contributed by atoms with Crippen LogP contribution in [0.2, 0.25) is 0 Å². The van der Waals surface area contributed by atoms with E-state index >= 15 is 0 Å². The highest BCUT2D eigenvalue weighted by atomic mass is 19.4. The quantitative estimate of drug-likeness (QED) is 0.463. The van der Waals surface area contributed by atoms with Gasteiger partial charge in [0.25, 0.3) is 0 Å². The van der Waals surface area contributed by atoms with Crippen molar-refractivity contribution in [2.45, 2.75) is 6.18 Å². The molecule has 2 N–H and O–H groups in total. The molecule has 3 nitrogen and oxygen atoms in total. The number of nitrogen functional groups attached to an aromatic ring is 1. The minimum atomic E-state index is -4.75. The third-order valence-corrected chi connectivity index (χ3v) is 1.89. The van der Waals surface area contributed by atoms with E-state index in [0.717, 1.165) is 7.11 Å². The van der Waals surface area contributed by atoms with Crippen LogP contribution in [0.15, 0.2) is 12.1 Å². The van der Waals surface area contributed by atoms with Gasteiger partial charge in [0.05, 0.1) is 18.4 Å². The second-order valence-electron chi connectivity index (χ2n) is 2.87. The molecule has 16 heavy (non-hydrogen) atoms.